The Kier molecular flexibility index (Phi) is 5.44. The highest BCUT2D eigenvalue weighted by atomic mass is 16.2. The van der Waals surface area contributed by atoms with Gasteiger partial charge in [-0.15, -0.1) is 0 Å². The van der Waals surface area contributed by atoms with Gasteiger partial charge in [-0.25, -0.2) is 5.43 Å². The average Bonchev–Trinajstić information content (AvgIpc) is 2.54. The van der Waals surface area contributed by atoms with Crippen LogP contribution in [0.15, 0.2) is 48.8 Å². The molecule has 1 aromatic heterocycles. The molecule has 2 aromatic rings. The number of amides is 2. The van der Waals surface area contributed by atoms with Crippen LogP contribution in [0.1, 0.15) is 15.9 Å². The number of primary amides is 1. The van der Waals surface area contributed by atoms with Crippen LogP contribution >= 0.6 is 0 Å². The van der Waals surface area contributed by atoms with E-state index in [0.29, 0.717) is 12.1 Å². The Morgan fingerprint density at radius 3 is 2.36 bits per heavy atom. The van der Waals surface area contributed by atoms with Crippen molar-refractivity contribution < 1.29 is 9.59 Å². The molecule has 0 unspecified atom stereocenters. The van der Waals surface area contributed by atoms with Gasteiger partial charge in [0, 0.05) is 30.2 Å². The molecule has 1 aromatic carbocycles. The van der Waals surface area contributed by atoms with Crippen LogP contribution in [0.3, 0.4) is 0 Å². The summed E-state index contributed by atoms with van der Waals surface area (Å²) in [5.74, 6) is -0.683. The lowest BCUT2D eigenvalue weighted by Crippen LogP contribution is -2.40. The summed E-state index contributed by atoms with van der Waals surface area (Å²) in [6.45, 7) is 0.626. The van der Waals surface area contributed by atoms with Crippen LogP contribution in [0.2, 0.25) is 0 Å². The van der Waals surface area contributed by atoms with Gasteiger partial charge >= 0.3 is 0 Å². The van der Waals surface area contributed by atoms with E-state index in [4.69, 9.17) is 5.73 Å². The number of nitrogens with two attached hydrogens (primary N) is 1. The molecule has 114 valence electrons. The van der Waals surface area contributed by atoms with Gasteiger partial charge in [0.1, 0.15) is 0 Å². The number of carbonyl (C=O) groups excluding carboxylic acids is 2. The lowest BCUT2D eigenvalue weighted by atomic mass is 10.2. The first kappa shape index (κ1) is 15.5. The van der Waals surface area contributed by atoms with E-state index in [-0.39, 0.29) is 12.5 Å². The zero-order chi connectivity index (χ0) is 15.8. The van der Waals surface area contributed by atoms with Gasteiger partial charge in [-0.2, -0.15) is 0 Å². The van der Waals surface area contributed by atoms with Gasteiger partial charge in [-0.1, -0.05) is 0 Å². The summed E-state index contributed by atoms with van der Waals surface area (Å²) in [4.78, 5) is 26.5. The average molecular weight is 299 g/mol. The van der Waals surface area contributed by atoms with Crippen LogP contribution in [0.5, 0.6) is 0 Å². The van der Waals surface area contributed by atoms with Gasteiger partial charge in [0.25, 0.3) is 5.91 Å². The molecule has 1 heterocycles. The first-order chi connectivity index (χ1) is 10.6. The molecular formula is C15H17N5O2. The summed E-state index contributed by atoms with van der Waals surface area (Å²) in [6.07, 6.45) is 3.38. The Bertz CT molecular complexity index is 628. The van der Waals surface area contributed by atoms with E-state index in [0.717, 1.165) is 11.3 Å². The van der Waals surface area contributed by atoms with Crippen molar-refractivity contribution in [2.45, 2.75) is 6.54 Å². The zero-order valence-corrected chi connectivity index (χ0v) is 11.9. The minimum absolute atomic E-state index is 0.110. The number of anilines is 1. The predicted octanol–water partition coefficient (Wildman–Crippen LogP) is 0.413. The van der Waals surface area contributed by atoms with Crippen molar-refractivity contribution >= 4 is 17.5 Å². The van der Waals surface area contributed by atoms with E-state index in [9.17, 15) is 9.59 Å². The zero-order valence-electron chi connectivity index (χ0n) is 11.9. The molecular weight excluding hydrogens is 282 g/mol. The van der Waals surface area contributed by atoms with E-state index >= 15 is 0 Å². The Balaban J connectivity index is 1.70. The largest absolute Gasteiger partial charge is 0.376 e. The summed E-state index contributed by atoms with van der Waals surface area (Å²) in [5.41, 5.74) is 12.7. The molecule has 0 aliphatic carbocycles. The first-order valence-corrected chi connectivity index (χ1v) is 6.69. The van der Waals surface area contributed by atoms with Crippen molar-refractivity contribution in [1.29, 1.82) is 0 Å². The molecule has 0 fully saturated rings. The van der Waals surface area contributed by atoms with Gasteiger partial charge in [-0.05, 0) is 42.0 Å². The molecule has 2 amide bonds. The van der Waals surface area contributed by atoms with Crippen molar-refractivity contribution in [3.8, 4) is 0 Å². The van der Waals surface area contributed by atoms with Gasteiger partial charge in [-0.3, -0.25) is 20.0 Å². The number of hydrogen-bond acceptors (Lipinski definition) is 5. The number of benzene rings is 1. The standard InChI is InChI=1S/C15H17N5O2/c16-15(22)12-1-3-13(4-2-12)18-10-14(21)20-19-9-11-5-7-17-8-6-11/h1-8,18-19H,9-10H2,(H2,16,22)(H,20,21). The van der Waals surface area contributed by atoms with Gasteiger partial charge in [0.05, 0.1) is 6.54 Å². The van der Waals surface area contributed by atoms with Crippen molar-refractivity contribution in [3.63, 3.8) is 0 Å². The van der Waals surface area contributed by atoms with E-state index in [2.05, 4.69) is 21.2 Å². The van der Waals surface area contributed by atoms with Crippen LogP contribution < -0.4 is 21.9 Å². The molecule has 0 aliphatic heterocycles. The third-order valence-electron chi connectivity index (χ3n) is 2.89. The fourth-order valence-corrected chi connectivity index (χ4v) is 1.72. The van der Waals surface area contributed by atoms with Crippen molar-refractivity contribution in [1.82, 2.24) is 15.8 Å². The van der Waals surface area contributed by atoms with Crippen LogP contribution in [0, 0.1) is 0 Å². The monoisotopic (exact) mass is 299 g/mol. The van der Waals surface area contributed by atoms with Crippen molar-refractivity contribution in [2.75, 3.05) is 11.9 Å². The lowest BCUT2D eigenvalue weighted by molar-refractivity contribution is -0.120. The van der Waals surface area contributed by atoms with Crippen LogP contribution in [-0.4, -0.2) is 23.3 Å². The van der Waals surface area contributed by atoms with Gasteiger partial charge in [0.15, 0.2) is 0 Å². The fraction of sp³-hybridized carbons (Fsp3) is 0.133. The minimum Gasteiger partial charge on any atom is -0.376 e. The molecule has 0 saturated carbocycles. The quantitative estimate of drug-likeness (QED) is 0.554. The second-order valence-corrected chi connectivity index (χ2v) is 4.55. The molecule has 0 aliphatic rings. The highest BCUT2D eigenvalue weighted by Crippen LogP contribution is 2.08. The second-order valence-electron chi connectivity index (χ2n) is 4.55. The normalized spacial score (nSPS) is 10.0. The second kappa shape index (κ2) is 7.75. The Hall–Kier alpha value is -2.93. The summed E-state index contributed by atoms with van der Waals surface area (Å²) in [7, 11) is 0. The number of pyridine rings is 1. The summed E-state index contributed by atoms with van der Waals surface area (Å²) >= 11 is 0. The smallest absolute Gasteiger partial charge is 0.253 e. The highest BCUT2D eigenvalue weighted by molar-refractivity contribution is 5.93. The molecule has 7 heteroatoms. The number of carbonyl (C=O) groups is 2. The fourth-order valence-electron chi connectivity index (χ4n) is 1.72. The number of nitrogens with one attached hydrogen (secondary N) is 3. The maximum absolute atomic E-state index is 11.7. The first-order valence-electron chi connectivity index (χ1n) is 6.69. The maximum atomic E-state index is 11.7. The summed E-state index contributed by atoms with van der Waals surface area (Å²) in [6, 6.07) is 10.3. The third-order valence-corrected chi connectivity index (χ3v) is 2.89. The topological polar surface area (TPSA) is 109 Å². The Labute approximate surface area is 127 Å². The number of nitrogens with zero attached hydrogens (tertiary/aromatic N) is 1. The van der Waals surface area contributed by atoms with E-state index in [1.165, 1.54) is 0 Å². The molecule has 0 atom stereocenters. The van der Waals surface area contributed by atoms with Gasteiger partial charge < -0.3 is 11.1 Å². The Morgan fingerprint density at radius 1 is 1.05 bits per heavy atom. The van der Waals surface area contributed by atoms with Crippen LogP contribution in [-0.2, 0) is 11.3 Å². The number of aromatic nitrogens is 1. The maximum Gasteiger partial charge on any atom is 0.253 e. The lowest BCUT2D eigenvalue weighted by Gasteiger charge is -2.09. The van der Waals surface area contributed by atoms with Crippen LogP contribution in [0.25, 0.3) is 0 Å². The van der Waals surface area contributed by atoms with E-state index in [1.54, 1.807) is 36.7 Å². The molecule has 2 rings (SSSR count). The third kappa shape index (κ3) is 4.88. The number of hydrogen-bond donors (Lipinski definition) is 4. The highest BCUT2D eigenvalue weighted by Gasteiger charge is 2.02. The van der Waals surface area contributed by atoms with E-state index in [1.807, 2.05) is 12.1 Å². The van der Waals surface area contributed by atoms with Gasteiger partial charge in [0.2, 0.25) is 5.91 Å². The molecule has 0 saturated heterocycles. The van der Waals surface area contributed by atoms with Crippen molar-refractivity contribution in [2.24, 2.45) is 5.73 Å². The predicted molar refractivity (Wildman–Crippen MR) is 82.7 cm³/mol. The number of rotatable bonds is 7. The molecule has 0 bridgehead atoms. The minimum atomic E-state index is -0.482. The van der Waals surface area contributed by atoms with Crippen molar-refractivity contribution in [3.05, 3.63) is 59.9 Å². The molecule has 7 nitrogen and oxygen atoms in total. The molecule has 0 spiro atoms. The molecule has 5 N–H and O–H groups in total. The summed E-state index contributed by atoms with van der Waals surface area (Å²) in [5, 5.41) is 2.95. The molecule has 0 radical (unpaired) electrons. The van der Waals surface area contributed by atoms with Crippen LogP contribution in [0.4, 0.5) is 5.69 Å². The number of hydrazine groups is 1. The Morgan fingerprint density at radius 2 is 1.73 bits per heavy atom. The summed E-state index contributed by atoms with van der Waals surface area (Å²) < 4.78 is 0. The van der Waals surface area contributed by atoms with E-state index < -0.39 is 5.91 Å². The SMILES string of the molecule is NC(=O)c1ccc(NCC(=O)NNCc2ccncc2)cc1. The molecule has 22 heavy (non-hydrogen) atoms.